The van der Waals surface area contributed by atoms with Gasteiger partial charge in [0.1, 0.15) is 5.75 Å². The molecule has 2 aromatic carbocycles. The predicted molar refractivity (Wildman–Crippen MR) is 115 cm³/mol. The lowest BCUT2D eigenvalue weighted by molar-refractivity contribution is -0.119. The summed E-state index contributed by atoms with van der Waals surface area (Å²) in [4.78, 5) is 12.2. The fourth-order valence-electron chi connectivity index (χ4n) is 2.70. The highest BCUT2D eigenvalue weighted by Gasteiger charge is 2.08. The lowest BCUT2D eigenvalue weighted by Gasteiger charge is -2.12. The van der Waals surface area contributed by atoms with Crippen LogP contribution in [0.3, 0.4) is 0 Å². The minimum atomic E-state index is -0.134. The maximum Gasteiger partial charge on any atom is 0.230 e. The van der Waals surface area contributed by atoms with Gasteiger partial charge < -0.3 is 15.4 Å². The van der Waals surface area contributed by atoms with Gasteiger partial charge in [-0.3, -0.25) is 4.79 Å². The molecule has 144 valence electrons. The monoisotopic (exact) mass is 384 g/mol. The molecule has 0 bridgehead atoms. The first kappa shape index (κ1) is 20.9. The van der Waals surface area contributed by atoms with Gasteiger partial charge in [-0.1, -0.05) is 56.5 Å². The Morgan fingerprint density at radius 3 is 2.67 bits per heavy atom. The quantitative estimate of drug-likeness (QED) is 0.471. The van der Waals surface area contributed by atoms with Crippen molar-refractivity contribution in [2.24, 2.45) is 0 Å². The lowest BCUT2D eigenvalue weighted by Crippen LogP contribution is -2.35. The summed E-state index contributed by atoms with van der Waals surface area (Å²) in [6, 6.07) is 15.4. The molecule has 2 rings (SSSR count). The van der Waals surface area contributed by atoms with Crippen molar-refractivity contribution in [1.29, 1.82) is 0 Å². The molecule has 0 saturated carbocycles. The summed E-state index contributed by atoms with van der Waals surface area (Å²) in [5.41, 5.74) is 2.88. The molecule has 0 saturated heterocycles. The van der Waals surface area contributed by atoms with Crippen LogP contribution in [0, 0.1) is 6.92 Å². The van der Waals surface area contributed by atoms with Crippen LogP contribution in [-0.4, -0.2) is 17.6 Å². The molecule has 0 aliphatic carbocycles. The number of rotatable bonds is 9. The van der Waals surface area contributed by atoms with E-state index in [4.69, 9.17) is 17.0 Å². The molecule has 0 heterocycles. The molecule has 2 aromatic rings. The number of carbonyl (C=O) groups is 1. The second-order valence-corrected chi connectivity index (χ2v) is 6.95. The van der Waals surface area contributed by atoms with E-state index in [1.807, 2.05) is 55.5 Å². The highest BCUT2D eigenvalue weighted by molar-refractivity contribution is 7.80. The van der Waals surface area contributed by atoms with E-state index in [0.717, 1.165) is 29.0 Å². The fourth-order valence-corrected chi connectivity index (χ4v) is 2.93. The summed E-state index contributed by atoms with van der Waals surface area (Å²) in [7, 11) is 0. The third-order valence-electron chi connectivity index (χ3n) is 4.22. The van der Waals surface area contributed by atoms with Gasteiger partial charge in [0.15, 0.2) is 5.11 Å². The zero-order valence-electron chi connectivity index (χ0n) is 16.1. The Morgan fingerprint density at radius 2 is 1.89 bits per heavy atom. The van der Waals surface area contributed by atoms with Crippen LogP contribution in [0.15, 0.2) is 48.5 Å². The minimum absolute atomic E-state index is 0.134. The van der Waals surface area contributed by atoms with Crippen LogP contribution in [0.25, 0.3) is 0 Å². The summed E-state index contributed by atoms with van der Waals surface area (Å²) in [6.07, 6.45) is 4.99. The highest BCUT2D eigenvalue weighted by atomic mass is 32.1. The molecule has 2 N–H and O–H groups in total. The van der Waals surface area contributed by atoms with E-state index in [-0.39, 0.29) is 11.0 Å². The summed E-state index contributed by atoms with van der Waals surface area (Å²) in [5.74, 6) is 0.663. The van der Waals surface area contributed by atoms with Gasteiger partial charge in [0, 0.05) is 11.8 Å². The molecule has 0 unspecified atom stereocenters. The van der Waals surface area contributed by atoms with Crippen molar-refractivity contribution in [3.8, 4) is 5.75 Å². The molecule has 1 amide bonds. The van der Waals surface area contributed by atoms with Gasteiger partial charge in [-0.15, -0.1) is 0 Å². The minimum Gasteiger partial charge on any atom is -0.494 e. The smallest absolute Gasteiger partial charge is 0.230 e. The highest BCUT2D eigenvalue weighted by Crippen LogP contribution is 2.18. The fraction of sp³-hybridized carbons (Fsp3) is 0.364. The number of aryl methyl sites for hydroxylation is 1. The van der Waals surface area contributed by atoms with Crippen LogP contribution >= 0.6 is 12.2 Å². The Labute approximate surface area is 167 Å². The number of amides is 1. The largest absolute Gasteiger partial charge is 0.494 e. The first-order valence-corrected chi connectivity index (χ1v) is 9.87. The number of benzene rings is 2. The van der Waals surface area contributed by atoms with Crippen molar-refractivity contribution in [2.45, 2.75) is 46.0 Å². The molecule has 0 fully saturated rings. The first-order chi connectivity index (χ1) is 13.1. The van der Waals surface area contributed by atoms with Gasteiger partial charge >= 0.3 is 0 Å². The van der Waals surface area contributed by atoms with E-state index in [2.05, 4.69) is 17.6 Å². The third kappa shape index (κ3) is 7.79. The van der Waals surface area contributed by atoms with Crippen molar-refractivity contribution in [2.75, 3.05) is 11.9 Å². The van der Waals surface area contributed by atoms with Crippen molar-refractivity contribution in [3.63, 3.8) is 0 Å². The third-order valence-corrected chi connectivity index (χ3v) is 4.43. The summed E-state index contributed by atoms with van der Waals surface area (Å²) in [5, 5.41) is 6.06. The number of anilines is 1. The van der Waals surface area contributed by atoms with Gasteiger partial charge in [0.05, 0.1) is 13.0 Å². The Kier molecular flexibility index (Phi) is 8.78. The molecule has 27 heavy (non-hydrogen) atoms. The van der Waals surface area contributed by atoms with Crippen molar-refractivity contribution < 1.29 is 9.53 Å². The normalized spacial score (nSPS) is 10.3. The van der Waals surface area contributed by atoms with Crippen LogP contribution in [0.5, 0.6) is 5.75 Å². The van der Waals surface area contributed by atoms with Gasteiger partial charge in [0.2, 0.25) is 5.91 Å². The van der Waals surface area contributed by atoms with E-state index in [1.54, 1.807) is 0 Å². The van der Waals surface area contributed by atoms with Crippen LogP contribution in [0.1, 0.15) is 43.7 Å². The standard InChI is InChI=1S/C22H28N2O2S/c1-3-4-5-8-14-26-20-13-9-12-19(16-20)23-22(27)24-21(25)15-18-11-7-6-10-17(18)2/h6-7,9-13,16H,3-5,8,14-15H2,1-2H3,(H2,23,24,25,27). The van der Waals surface area contributed by atoms with Gasteiger partial charge in [-0.2, -0.15) is 0 Å². The molecular weight excluding hydrogens is 356 g/mol. The van der Waals surface area contributed by atoms with Crippen LogP contribution < -0.4 is 15.4 Å². The predicted octanol–water partition coefficient (Wildman–Crippen LogP) is 5.01. The first-order valence-electron chi connectivity index (χ1n) is 9.46. The number of hydrogen-bond acceptors (Lipinski definition) is 3. The number of hydrogen-bond donors (Lipinski definition) is 2. The zero-order chi connectivity index (χ0) is 19.5. The second kappa shape index (κ2) is 11.3. The Bertz CT molecular complexity index is 761. The zero-order valence-corrected chi connectivity index (χ0v) is 16.9. The maximum atomic E-state index is 12.2. The average Bonchev–Trinajstić information content (AvgIpc) is 2.63. The van der Waals surface area contributed by atoms with E-state index < -0.39 is 0 Å². The van der Waals surface area contributed by atoms with Crippen molar-refractivity contribution in [3.05, 3.63) is 59.7 Å². The van der Waals surface area contributed by atoms with E-state index in [1.165, 1.54) is 19.3 Å². The molecule has 5 heteroatoms. The molecule has 0 aliphatic rings. The second-order valence-electron chi connectivity index (χ2n) is 6.54. The summed E-state index contributed by atoms with van der Waals surface area (Å²) < 4.78 is 5.78. The van der Waals surface area contributed by atoms with Crippen molar-refractivity contribution >= 4 is 28.9 Å². The van der Waals surface area contributed by atoms with E-state index in [9.17, 15) is 4.79 Å². The SMILES string of the molecule is CCCCCCOc1cccc(NC(=S)NC(=O)Cc2ccccc2C)c1. The maximum absolute atomic E-state index is 12.2. The lowest BCUT2D eigenvalue weighted by atomic mass is 10.1. The molecule has 0 spiro atoms. The number of nitrogens with one attached hydrogen (secondary N) is 2. The van der Waals surface area contributed by atoms with Gasteiger partial charge in [-0.25, -0.2) is 0 Å². The topological polar surface area (TPSA) is 50.4 Å². The molecule has 0 aliphatic heterocycles. The van der Waals surface area contributed by atoms with E-state index >= 15 is 0 Å². The molecule has 0 atom stereocenters. The Hall–Kier alpha value is -2.40. The van der Waals surface area contributed by atoms with Gasteiger partial charge in [0.25, 0.3) is 0 Å². The number of thiocarbonyl (C=S) groups is 1. The van der Waals surface area contributed by atoms with Gasteiger partial charge in [-0.05, 0) is 48.8 Å². The van der Waals surface area contributed by atoms with Crippen molar-refractivity contribution in [1.82, 2.24) is 5.32 Å². The molecule has 4 nitrogen and oxygen atoms in total. The molecular formula is C22H28N2O2S. The van der Waals surface area contributed by atoms with Crippen LogP contribution in [0.4, 0.5) is 5.69 Å². The number of ether oxygens (including phenoxy) is 1. The van der Waals surface area contributed by atoms with Crippen LogP contribution in [0.2, 0.25) is 0 Å². The summed E-state index contributed by atoms with van der Waals surface area (Å²) in [6.45, 7) is 4.90. The molecule has 0 radical (unpaired) electrons. The molecule has 0 aromatic heterocycles. The Morgan fingerprint density at radius 1 is 1.07 bits per heavy atom. The average molecular weight is 385 g/mol. The number of unbranched alkanes of at least 4 members (excludes halogenated alkanes) is 3. The van der Waals surface area contributed by atoms with E-state index in [0.29, 0.717) is 13.0 Å². The number of carbonyl (C=O) groups excluding carboxylic acids is 1. The summed E-state index contributed by atoms with van der Waals surface area (Å²) >= 11 is 5.26. The Balaban J connectivity index is 1.80. The van der Waals surface area contributed by atoms with Crippen LogP contribution in [-0.2, 0) is 11.2 Å².